The first-order chi connectivity index (χ1) is 11.8. The Balaban J connectivity index is 1.36. The molecule has 1 atom stereocenters. The molecule has 1 aromatic carbocycles. The van der Waals surface area contributed by atoms with Crippen molar-refractivity contribution in [2.45, 2.75) is 12.7 Å². The fourth-order valence-electron chi connectivity index (χ4n) is 2.29. The molecule has 0 amide bonds. The molecule has 4 rings (SSSR count). The Bertz CT molecular complexity index is 842. The fraction of sp³-hybridized carbons (Fsp3) is 0.176. The van der Waals surface area contributed by atoms with Crippen LogP contribution in [0.15, 0.2) is 52.4 Å². The number of ether oxygens (including phenoxy) is 3. The number of fused-ring (bicyclic) bond motifs is 1. The number of para-hydroxylation sites is 2. The maximum atomic E-state index is 12.1. The number of nitrogens with zero attached hydrogens (tertiary/aromatic N) is 1. The van der Waals surface area contributed by atoms with Crippen molar-refractivity contribution in [1.82, 2.24) is 5.16 Å². The second-order valence-corrected chi connectivity index (χ2v) is 6.08. The Hall–Kier alpha value is -2.80. The molecule has 0 spiro atoms. The van der Waals surface area contributed by atoms with Gasteiger partial charge in [0, 0.05) is 6.07 Å². The van der Waals surface area contributed by atoms with Gasteiger partial charge in [-0.15, -0.1) is 11.3 Å². The van der Waals surface area contributed by atoms with Crippen LogP contribution in [0.25, 0.3) is 10.6 Å². The number of esters is 1. The SMILES string of the molecule is O=C(OCc1cc(-c2cccs2)on1)[C@H]1COc2ccccc2O1. The van der Waals surface area contributed by atoms with Gasteiger partial charge in [0.05, 0.1) is 4.88 Å². The molecule has 0 saturated heterocycles. The first-order valence-corrected chi connectivity index (χ1v) is 8.22. The van der Waals surface area contributed by atoms with E-state index in [4.69, 9.17) is 18.7 Å². The molecule has 6 nitrogen and oxygen atoms in total. The fourth-order valence-corrected chi connectivity index (χ4v) is 2.96. The molecule has 0 saturated carbocycles. The Morgan fingerprint density at radius 3 is 2.96 bits per heavy atom. The predicted molar refractivity (Wildman–Crippen MR) is 86.0 cm³/mol. The molecule has 0 fully saturated rings. The topological polar surface area (TPSA) is 70.8 Å². The van der Waals surface area contributed by atoms with Crippen molar-refractivity contribution in [1.29, 1.82) is 0 Å². The van der Waals surface area contributed by atoms with Gasteiger partial charge >= 0.3 is 5.97 Å². The molecule has 7 heteroatoms. The zero-order valence-corrected chi connectivity index (χ0v) is 13.3. The normalized spacial score (nSPS) is 15.9. The molecule has 0 radical (unpaired) electrons. The zero-order chi connectivity index (χ0) is 16.4. The predicted octanol–water partition coefficient (Wildman–Crippen LogP) is 3.29. The molecule has 0 aliphatic carbocycles. The van der Waals surface area contributed by atoms with Crippen LogP contribution < -0.4 is 9.47 Å². The third kappa shape index (κ3) is 2.98. The molecular formula is C17H13NO5S. The number of benzene rings is 1. The minimum absolute atomic E-state index is 0.0230. The van der Waals surface area contributed by atoms with Crippen molar-refractivity contribution in [3.8, 4) is 22.1 Å². The van der Waals surface area contributed by atoms with E-state index in [9.17, 15) is 4.79 Å². The summed E-state index contributed by atoms with van der Waals surface area (Å²) in [7, 11) is 0. The van der Waals surface area contributed by atoms with Gasteiger partial charge in [-0.1, -0.05) is 23.4 Å². The first kappa shape index (κ1) is 14.8. The quantitative estimate of drug-likeness (QED) is 0.677. The third-order valence-corrected chi connectivity index (χ3v) is 4.34. The summed E-state index contributed by atoms with van der Waals surface area (Å²) in [5, 5.41) is 5.86. The van der Waals surface area contributed by atoms with Crippen LogP contribution in [0.4, 0.5) is 0 Å². The van der Waals surface area contributed by atoms with E-state index in [1.807, 2.05) is 29.6 Å². The standard InChI is InChI=1S/C17H13NO5S/c19-17(15-10-20-12-4-1-2-5-13(12)22-15)21-9-11-8-14(23-18-11)16-6-3-7-24-16/h1-8,15H,9-10H2/t15-/m1/s1. The molecule has 0 N–H and O–H groups in total. The Morgan fingerprint density at radius 1 is 1.25 bits per heavy atom. The third-order valence-electron chi connectivity index (χ3n) is 3.46. The van der Waals surface area contributed by atoms with Gasteiger partial charge in [0.2, 0.25) is 6.10 Å². The van der Waals surface area contributed by atoms with E-state index in [0.29, 0.717) is 23.0 Å². The van der Waals surface area contributed by atoms with Crippen LogP contribution in [0, 0.1) is 0 Å². The van der Waals surface area contributed by atoms with Crippen molar-refractivity contribution >= 4 is 17.3 Å². The van der Waals surface area contributed by atoms with Gasteiger partial charge in [-0.3, -0.25) is 0 Å². The molecule has 0 bridgehead atoms. The van der Waals surface area contributed by atoms with Gasteiger partial charge < -0.3 is 18.7 Å². The van der Waals surface area contributed by atoms with E-state index in [-0.39, 0.29) is 13.2 Å². The lowest BCUT2D eigenvalue weighted by molar-refractivity contribution is -0.156. The lowest BCUT2D eigenvalue weighted by Gasteiger charge is -2.24. The summed E-state index contributed by atoms with van der Waals surface area (Å²) < 4.78 is 21.6. The summed E-state index contributed by atoms with van der Waals surface area (Å²) in [6.07, 6.45) is -0.788. The van der Waals surface area contributed by atoms with Crippen LogP contribution in [0.3, 0.4) is 0 Å². The second kappa shape index (κ2) is 6.37. The minimum atomic E-state index is -0.788. The van der Waals surface area contributed by atoms with Crippen LogP contribution in [0.2, 0.25) is 0 Å². The van der Waals surface area contributed by atoms with E-state index in [2.05, 4.69) is 5.16 Å². The second-order valence-electron chi connectivity index (χ2n) is 5.13. The summed E-state index contributed by atoms with van der Waals surface area (Å²) >= 11 is 1.55. The number of thiophene rings is 1. The van der Waals surface area contributed by atoms with Crippen LogP contribution >= 0.6 is 11.3 Å². The van der Waals surface area contributed by atoms with Gasteiger partial charge in [0.25, 0.3) is 0 Å². The summed E-state index contributed by atoms with van der Waals surface area (Å²) in [5.74, 6) is 1.32. The van der Waals surface area contributed by atoms with Gasteiger partial charge in [0.15, 0.2) is 17.3 Å². The maximum Gasteiger partial charge on any atom is 0.351 e. The molecule has 3 aromatic rings. The monoisotopic (exact) mass is 343 g/mol. The van der Waals surface area contributed by atoms with Gasteiger partial charge in [-0.2, -0.15) is 0 Å². The molecule has 3 heterocycles. The smallest absolute Gasteiger partial charge is 0.351 e. The summed E-state index contributed by atoms with van der Waals surface area (Å²) in [5.41, 5.74) is 0.545. The highest BCUT2D eigenvalue weighted by Crippen LogP contribution is 2.31. The molecule has 1 aliphatic heterocycles. The van der Waals surface area contributed by atoms with Crippen LogP contribution in [0.5, 0.6) is 11.5 Å². The summed E-state index contributed by atoms with van der Waals surface area (Å²) in [4.78, 5) is 13.1. The number of hydrogen-bond acceptors (Lipinski definition) is 7. The van der Waals surface area contributed by atoms with Gasteiger partial charge in [-0.05, 0) is 23.6 Å². The molecule has 0 unspecified atom stereocenters. The molecule has 2 aromatic heterocycles. The molecule has 1 aliphatic rings. The van der Waals surface area contributed by atoms with Crippen LogP contribution in [-0.4, -0.2) is 23.8 Å². The lowest BCUT2D eigenvalue weighted by Crippen LogP contribution is -2.37. The average molecular weight is 343 g/mol. The summed E-state index contributed by atoms with van der Waals surface area (Å²) in [6.45, 7) is 0.143. The molecular weight excluding hydrogens is 330 g/mol. The van der Waals surface area contributed by atoms with Crippen molar-refractivity contribution in [2.75, 3.05) is 6.61 Å². The number of rotatable bonds is 4. The minimum Gasteiger partial charge on any atom is -0.485 e. The Labute approximate surface area is 141 Å². The van der Waals surface area contributed by atoms with E-state index >= 15 is 0 Å². The van der Waals surface area contributed by atoms with Crippen molar-refractivity contribution < 1.29 is 23.5 Å². The Morgan fingerprint density at radius 2 is 2.12 bits per heavy atom. The highest BCUT2D eigenvalue weighted by atomic mass is 32.1. The van der Waals surface area contributed by atoms with Gasteiger partial charge in [0.1, 0.15) is 18.9 Å². The largest absolute Gasteiger partial charge is 0.485 e. The highest BCUT2D eigenvalue weighted by Gasteiger charge is 2.28. The average Bonchev–Trinajstić information content (AvgIpc) is 3.30. The Kier molecular flexibility index (Phi) is 3.92. The number of carbonyl (C=O) groups excluding carboxylic acids is 1. The zero-order valence-electron chi connectivity index (χ0n) is 12.5. The van der Waals surface area contributed by atoms with Crippen molar-refractivity contribution in [3.05, 3.63) is 53.5 Å². The maximum absolute atomic E-state index is 12.1. The summed E-state index contributed by atoms with van der Waals surface area (Å²) in [6, 6.07) is 12.8. The van der Waals surface area contributed by atoms with Crippen LogP contribution in [-0.2, 0) is 16.1 Å². The van der Waals surface area contributed by atoms with E-state index < -0.39 is 12.1 Å². The van der Waals surface area contributed by atoms with Gasteiger partial charge in [-0.25, -0.2) is 4.79 Å². The first-order valence-electron chi connectivity index (χ1n) is 7.34. The number of aromatic nitrogens is 1. The number of carbonyl (C=O) groups is 1. The van der Waals surface area contributed by atoms with Crippen molar-refractivity contribution in [2.24, 2.45) is 0 Å². The molecule has 122 valence electrons. The van der Waals surface area contributed by atoms with Crippen LogP contribution in [0.1, 0.15) is 5.69 Å². The molecule has 24 heavy (non-hydrogen) atoms. The highest BCUT2D eigenvalue weighted by molar-refractivity contribution is 7.13. The van der Waals surface area contributed by atoms with E-state index in [1.54, 1.807) is 29.5 Å². The van der Waals surface area contributed by atoms with E-state index in [0.717, 1.165) is 4.88 Å². The number of hydrogen-bond donors (Lipinski definition) is 0. The van der Waals surface area contributed by atoms with E-state index in [1.165, 1.54) is 0 Å². The lowest BCUT2D eigenvalue weighted by atomic mass is 10.2. The van der Waals surface area contributed by atoms with Crippen molar-refractivity contribution in [3.63, 3.8) is 0 Å².